The molecule has 4 rings (SSSR count). The van der Waals surface area contributed by atoms with Crippen molar-refractivity contribution in [1.82, 2.24) is 0 Å². The van der Waals surface area contributed by atoms with E-state index in [0.29, 0.717) is 10.9 Å². The van der Waals surface area contributed by atoms with Crippen LogP contribution in [0, 0.1) is 17.5 Å². The van der Waals surface area contributed by atoms with Crippen LogP contribution in [-0.2, 0) is 25.7 Å². The van der Waals surface area contributed by atoms with Crippen LogP contribution in [0.3, 0.4) is 0 Å². The van der Waals surface area contributed by atoms with Gasteiger partial charge in [-0.05, 0) is 84.0 Å². The van der Waals surface area contributed by atoms with Gasteiger partial charge in [-0.25, -0.2) is 13.2 Å². The number of aryl methyl sites for hydroxylation is 4. The summed E-state index contributed by atoms with van der Waals surface area (Å²) in [7, 11) is 0. The second kappa shape index (κ2) is 13.8. The van der Waals surface area contributed by atoms with Crippen molar-refractivity contribution in [2.75, 3.05) is 6.61 Å². The number of fused-ring (bicyclic) bond motifs is 1. The van der Waals surface area contributed by atoms with Gasteiger partial charge in [0.05, 0.1) is 6.61 Å². The van der Waals surface area contributed by atoms with Crippen LogP contribution >= 0.6 is 0 Å². The Morgan fingerprint density at radius 2 is 1.32 bits per heavy atom. The largest absolute Gasteiger partial charge is 0.573 e. The van der Waals surface area contributed by atoms with Crippen molar-refractivity contribution < 1.29 is 35.8 Å². The Hall–Kier alpha value is -3.68. The maximum absolute atomic E-state index is 15.2. The Kier molecular flexibility index (Phi) is 10.2. The van der Waals surface area contributed by atoms with E-state index < -0.39 is 29.6 Å². The van der Waals surface area contributed by atoms with Crippen molar-refractivity contribution in [2.24, 2.45) is 0 Å². The summed E-state index contributed by atoms with van der Waals surface area (Å²) in [6.45, 7) is 2.90. The van der Waals surface area contributed by atoms with Gasteiger partial charge in [-0.3, -0.25) is 0 Å². The number of hydrogen-bond acceptors (Lipinski definition) is 2. The maximum atomic E-state index is 15.2. The number of alkyl halides is 3. The number of benzene rings is 4. The third-order valence-electron chi connectivity index (χ3n) is 6.95. The van der Waals surface area contributed by atoms with Crippen LogP contribution in [0.5, 0.6) is 11.5 Å². The van der Waals surface area contributed by atoms with Crippen LogP contribution in [0.4, 0.5) is 26.3 Å². The summed E-state index contributed by atoms with van der Waals surface area (Å²) >= 11 is 0. The molecular formula is C33H32F6O2. The van der Waals surface area contributed by atoms with Crippen LogP contribution < -0.4 is 9.47 Å². The molecular weight excluding hydrogens is 542 g/mol. The molecule has 0 heterocycles. The quantitative estimate of drug-likeness (QED) is 0.117. The summed E-state index contributed by atoms with van der Waals surface area (Å²) in [5.41, 5.74) is 2.68. The molecule has 41 heavy (non-hydrogen) atoms. The molecule has 0 radical (unpaired) electrons. The van der Waals surface area contributed by atoms with Crippen molar-refractivity contribution in [3.63, 3.8) is 0 Å². The Balaban J connectivity index is 1.34. The Bertz CT molecular complexity index is 1420. The fraction of sp³-hybridized carbons (Fsp3) is 0.333. The molecule has 0 bridgehead atoms. The lowest BCUT2D eigenvalue weighted by molar-refractivity contribution is -0.276. The average molecular weight is 575 g/mol. The smallest absolute Gasteiger partial charge is 0.494 e. The van der Waals surface area contributed by atoms with Gasteiger partial charge < -0.3 is 9.47 Å². The standard InChI is InChI=1S/C33H32F6O2/c1-2-3-4-5-18-40-27-15-9-22(10-16-27)6-7-23-11-17-28-26(19-23)14-13-25(31(28)36)12-8-24-20-29(34)32(30(35)21-24)41-33(37,38)39/h9-11,13-17,19-21H,2-8,12,18H2,1H3. The first-order valence-electron chi connectivity index (χ1n) is 13.8. The summed E-state index contributed by atoms with van der Waals surface area (Å²) in [4.78, 5) is 0. The van der Waals surface area contributed by atoms with Crippen molar-refractivity contribution in [3.05, 3.63) is 106 Å². The molecule has 218 valence electrons. The van der Waals surface area contributed by atoms with Crippen LogP contribution in [0.2, 0.25) is 0 Å². The zero-order valence-electron chi connectivity index (χ0n) is 22.8. The van der Waals surface area contributed by atoms with Gasteiger partial charge in [0.2, 0.25) is 5.75 Å². The highest BCUT2D eigenvalue weighted by molar-refractivity contribution is 5.84. The third kappa shape index (κ3) is 8.65. The molecule has 4 aromatic carbocycles. The Morgan fingerprint density at radius 3 is 2.00 bits per heavy atom. The molecule has 0 aliphatic heterocycles. The van der Waals surface area contributed by atoms with Crippen LogP contribution in [0.25, 0.3) is 10.8 Å². The molecule has 0 aromatic heterocycles. The summed E-state index contributed by atoms with van der Waals surface area (Å²) in [6, 6.07) is 18.6. The molecule has 0 spiro atoms. The minimum Gasteiger partial charge on any atom is -0.494 e. The summed E-state index contributed by atoms with van der Waals surface area (Å²) in [5, 5.41) is 1.17. The number of halogens is 6. The van der Waals surface area contributed by atoms with Gasteiger partial charge in [0.15, 0.2) is 11.6 Å². The normalized spacial score (nSPS) is 11.7. The number of ether oxygens (including phenoxy) is 2. The lowest BCUT2D eigenvalue weighted by Crippen LogP contribution is -2.19. The van der Waals surface area contributed by atoms with Gasteiger partial charge in [0.25, 0.3) is 0 Å². The second-order valence-electron chi connectivity index (χ2n) is 10.1. The lowest BCUT2D eigenvalue weighted by Gasteiger charge is -2.12. The number of unbranched alkanes of at least 4 members (excludes halogenated alkanes) is 3. The van der Waals surface area contributed by atoms with Gasteiger partial charge in [-0.15, -0.1) is 13.2 Å². The molecule has 8 heteroatoms. The molecule has 0 saturated carbocycles. The molecule has 0 aliphatic carbocycles. The number of hydrogen-bond donors (Lipinski definition) is 0. The summed E-state index contributed by atoms with van der Waals surface area (Å²) < 4.78 is 89.6. The SMILES string of the molecule is CCCCCCOc1ccc(CCc2ccc3c(F)c(CCc4cc(F)c(OC(F)(F)F)c(F)c4)ccc3c2)cc1. The van der Waals surface area contributed by atoms with E-state index in [1.165, 1.54) is 24.8 Å². The van der Waals surface area contributed by atoms with Crippen molar-refractivity contribution >= 4 is 10.8 Å². The molecule has 0 saturated heterocycles. The molecule has 0 aliphatic rings. The highest BCUT2D eigenvalue weighted by Gasteiger charge is 2.34. The van der Waals surface area contributed by atoms with Crippen LogP contribution in [0.1, 0.15) is 54.9 Å². The lowest BCUT2D eigenvalue weighted by atomic mass is 9.97. The fourth-order valence-electron chi connectivity index (χ4n) is 4.74. The van der Waals surface area contributed by atoms with E-state index in [4.69, 9.17) is 4.74 Å². The van der Waals surface area contributed by atoms with Crippen molar-refractivity contribution in [2.45, 2.75) is 64.7 Å². The Morgan fingerprint density at radius 1 is 0.659 bits per heavy atom. The van der Waals surface area contributed by atoms with E-state index in [-0.39, 0.29) is 18.4 Å². The van der Waals surface area contributed by atoms with Gasteiger partial charge in [0.1, 0.15) is 11.6 Å². The van der Waals surface area contributed by atoms with E-state index >= 15 is 4.39 Å². The van der Waals surface area contributed by atoms with Gasteiger partial charge in [-0.2, -0.15) is 0 Å². The maximum Gasteiger partial charge on any atom is 0.573 e. The molecule has 4 aromatic rings. The first-order valence-corrected chi connectivity index (χ1v) is 13.8. The molecule has 0 unspecified atom stereocenters. The average Bonchev–Trinajstić information content (AvgIpc) is 2.93. The first kappa shape index (κ1) is 30.3. The molecule has 0 N–H and O–H groups in total. The highest BCUT2D eigenvalue weighted by Crippen LogP contribution is 2.30. The monoisotopic (exact) mass is 574 g/mol. The van der Waals surface area contributed by atoms with Gasteiger partial charge >= 0.3 is 6.36 Å². The van der Waals surface area contributed by atoms with E-state index in [1.54, 1.807) is 18.2 Å². The minimum atomic E-state index is -5.22. The second-order valence-corrected chi connectivity index (χ2v) is 10.1. The predicted octanol–water partition coefficient (Wildman–Crippen LogP) is 9.69. The molecule has 2 nitrogen and oxygen atoms in total. The van der Waals surface area contributed by atoms with Crippen molar-refractivity contribution in [3.8, 4) is 11.5 Å². The summed E-state index contributed by atoms with van der Waals surface area (Å²) in [6.07, 6.45) is 1.18. The van der Waals surface area contributed by atoms with E-state index in [0.717, 1.165) is 54.7 Å². The highest BCUT2D eigenvalue weighted by atomic mass is 19.4. The van der Waals surface area contributed by atoms with Gasteiger partial charge in [0, 0.05) is 5.39 Å². The van der Waals surface area contributed by atoms with E-state index in [2.05, 4.69) is 23.8 Å². The zero-order chi connectivity index (χ0) is 29.4. The zero-order valence-corrected chi connectivity index (χ0v) is 22.8. The minimum absolute atomic E-state index is 0.0311. The molecule has 0 atom stereocenters. The molecule has 0 fully saturated rings. The number of rotatable bonds is 13. The molecule has 0 amide bonds. The fourth-order valence-corrected chi connectivity index (χ4v) is 4.74. The topological polar surface area (TPSA) is 18.5 Å². The van der Waals surface area contributed by atoms with Gasteiger partial charge in [-0.1, -0.05) is 68.7 Å². The van der Waals surface area contributed by atoms with Crippen LogP contribution in [0.15, 0.2) is 66.7 Å². The van der Waals surface area contributed by atoms with E-state index in [1.807, 2.05) is 24.3 Å². The third-order valence-corrected chi connectivity index (χ3v) is 6.95. The van der Waals surface area contributed by atoms with Crippen LogP contribution in [-0.4, -0.2) is 13.0 Å². The predicted molar refractivity (Wildman–Crippen MR) is 148 cm³/mol. The first-order chi connectivity index (χ1) is 19.6. The van der Waals surface area contributed by atoms with Crippen molar-refractivity contribution in [1.29, 1.82) is 0 Å². The Labute approximate surface area is 235 Å². The summed E-state index contributed by atoms with van der Waals surface area (Å²) in [5.74, 6) is -4.01. The van der Waals surface area contributed by atoms with E-state index in [9.17, 15) is 22.0 Å².